The molecule has 0 spiro atoms. The molecule has 6 nitrogen and oxygen atoms in total. The van der Waals surface area contributed by atoms with Crippen molar-refractivity contribution in [2.75, 3.05) is 34.4 Å². The maximum atomic E-state index is 12.5. The van der Waals surface area contributed by atoms with Gasteiger partial charge in [0.05, 0.1) is 33.0 Å². The zero-order chi connectivity index (χ0) is 14.7. The van der Waals surface area contributed by atoms with E-state index in [-0.39, 0.29) is 5.91 Å². The summed E-state index contributed by atoms with van der Waals surface area (Å²) in [5.74, 6) is 1.06. The van der Waals surface area contributed by atoms with Gasteiger partial charge < -0.3 is 24.2 Å². The summed E-state index contributed by atoms with van der Waals surface area (Å²) in [6.07, 6.45) is 0.145. The predicted octanol–water partition coefficient (Wildman–Crippen LogP) is 0.919. The highest BCUT2D eigenvalue weighted by atomic mass is 16.5. The summed E-state index contributed by atoms with van der Waals surface area (Å²) in [5.41, 5.74) is 0.402. The van der Waals surface area contributed by atoms with Crippen molar-refractivity contribution in [1.82, 2.24) is 4.90 Å². The molecule has 1 fully saturated rings. The SMILES string of the molecule is COc1ccc(C(=O)N2CC[C@@H](O)C2)c(OC)c1OC. The lowest BCUT2D eigenvalue weighted by molar-refractivity contribution is 0.0761. The van der Waals surface area contributed by atoms with Crippen LogP contribution in [0.1, 0.15) is 16.8 Å². The van der Waals surface area contributed by atoms with E-state index in [0.29, 0.717) is 42.3 Å². The zero-order valence-electron chi connectivity index (χ0n) is 11.9. The number of β-amino-alcohol motifs (C(OH)–C–C–N with tert-alkyl or cyclic N) is 1. The first kappa shape index (κ1) is 14.5. The van der Waals surface area contributed by atoms with Crippen LogP contribution in [0, 0.1) is 0 Å². The average Bonchev–Trinajstić information content (AvgIpc) is 2.91. The van der Waals surface area contributed by atoms with Crippen molar-refractivity contribution in [1.29, 1.82) is 0 Å². The van der Waals surface area contributed by atoms with Gasteiger partial charge in [-0.15, -0.1) is 0 Å². The standard InChI is InChI=1S/C14H19NO5/c1-18-11-5-4-10(12(19-2)13(11)20-3)14(17)15-7-6-9(16)8-15/h4-5,9,16H,6-8H2,1-3H3/t9-/m1/s1. The molecule has 1 N–H and O–H groups in total. The molecule has 0 aromatic heterocycles. The van der Waals surface area contributed by atoms with Gasteiger partial charge in [-0.1, -0.05) is 0 Å². The maximum Gasteiger partial charge on any atom is 0.257 e. The molecule has 1 aromatic rings. The first-order valence-electron chi connectivity index (χ1n) is 6.38. The lowest BCUT2D eigenvalue weighted by atomic mass is 10.1. The fourth-order valence-corrected chi connectivity index (χ4v) is 2.37. The number of carbonyl (C=O) groups is 1. The Morgan fingerprint density at radius 3 is 2.40 bits per heavy atom. The van der Waals surface area contributed by atoms with Gasteiger partial charge in [0, 0.05) is 13.1 Å². The summed E-state index contributed by atoms with van der Waals surface area (Å²) < 4.78 is 15.8. The topological polar surface area (TPSA) is 68.2 Å². The average molecular weight is 281 g/mol. The molecule has 1 saturated heterocycles. The molecule has 1 heterocycles. The number of aliphatic hydroxyl groups excluding tert-OH is 1. The molecule has 1 aromatic carbocycles. The quantitative estimate of drug-likeness (QED) is 0.889. The molecule has 0 aliphatic carbocycles. The van der Waals surface area contributed by atoms with E-state index in [1.165, 1.54) is 21.3 Å². The second-order valence-electron chi connectivity index (χ2n) is 4.58. The highest BCUT2D eigenvalue weighted by Crippen LogP contribution is 2.40. The Labute approximate surface area is 117 Å². The van der Waals surface area contributed by atoms with Crippen LogP contribution in [0.15, 0.2) is 12.1 Å². The van der Waals surface area contributed by atoms with Crippen LogP contribution in [0.3, 0.4) is 0 Å². The number of nitrogens with zero attached hydrogens (tertiary/aromatic N) is 1. The summed E-state index contributed by atoms with van der Waals surface area (Å²) in [4.78, 5) is 14.1. The number of aliphatic hydroxyl groups is 1. The lowest BCUT2D eigenvalue weighted by Crippen LogP contribution is -2.29. The van der Waals surface area contributed by atoms with Crippen LogP contribution >= 0.6 is 0 Å². The summed E-state index contributed by atoms with van der Waals surface area (Å²) in [6, 6.07) is 3.31. The van der Waals surface area contributed by atoms with Gasteiger partial charge in [0.1, 0.15) is 0 Å². The van der Waals surface area contributed by atoms with E-state index in [0.717, 1.165) is 0 Å². The maximum absolute atomic E-state index is 12.5. The van der Waals surface area contributed by atoms with E-state index in [1.807, 2.05) is 0 Å². The number of likely N-dealkylation sites (tertiary alicyclic amines) is 1. The van der Waals surface area contributed by atoms with Gasteiger partial charge in [-0.25, -0.2) is 0 Å². The number of rotatable bonds is 4. The largest absolute Gasteiger partial charge is 0.493 e. The molecule has 20 heavy (non-hydrogen) atoms. The van der Waals surface area contributed by atoms with E-state index >= 15 is 0 Å². The van der Waals surface area contributed by atoms with E-state index in [2.05, 4.69) is 0 Å². The van der Waals surface area contributed by atoms with E-state index < -0.39 is 6.10 Å². The number of benzene rings is 1. The fourth-order valence-electron chi connectivity index (χ4n) is 2.37. The lowest BCUT2D eigenvalue weighted by Gasteiger charge is -2.19. The van der Waals surface area contributed by atoms with Gasteiger partial charge in [-0.3, -0.25) is 4.79 Å². The van der Waals surface area contributed by atoms with Crippen LogP contribution < -0.4 is 14.2 Å². The van der Waals surface area contributed by atoms with Gasteiger partial charge in [0.25, 0.3) is 5.91 Å². The number of ether oxygens (including phenoxy) is 3. The van der Waals surface area contributed by atoms with Gasteiger partial charge in [-0.05, 0) is 18.6 Å². The van der Waals surface area contributed by atoms with Crippen LogP contribution in [0.5, 0.6) is 17.2 Å². The second-order valence-corrected chi connectivity index (χ2v) is 4.58. The van der Waals surface area contributed by atoms with E-state index in [9.17, 15) is 9.90 Å². The minimum atomic E-state index is -0.454. The number of hydrogen-bond acceptors (Lipinski definition) is 5. The van der Waals surface area contributed by atoms with Crippen LogP contribution in [0.4, 0.5) is 0 Å². The van der Waals surface area contributed by atoms with Crippen molar-refractivity contribution in [3.63, 3.8) is 0 Å². The summed E-state index contributed by atoms with van der Waals surface area (Å²) in [6.45, 7) is 0.883. The van der Waals surface area contributed by atoms with Gasteiger partial charge >= 0.3 is 0 Å². The molecule has 0 radical (unpaired) electrons. The molecule has 0 saturated carbocycles. The van der Waals surface area contributed by atoms with Crippen molar-refractivity contribution in [3.05, 3.63) is 17.7 Å². The Bertz CT molecular complexity index is 503. The minimum absolute atomic E-state index is 0.181. The predicted molar refractivity (Wildman–Crippen MR) is 72.6 cm³/mol. The highest BCUT2D eigenvalue weighted by Gasteiger charge is 2.29. The molecule has 1 atom stereocenters. The van der Waals surface area contributed by atoms with Crippen molar-refractivity contribution in [2.24, 2.45) is 0 Å². The zero-order valence-corrected chi connectivity index (χ0v) is 11.9. The van der Waals surface area contributed by atoms with E-state index in [4.69, 9.17) is 14.2 Å². The molecule has 110 valence electrons. The molecule has 0 bridgehead atoms. The van der Waals surface area contributed by atoms with Gasteiger partial charge in [-0.2, -0.15) is 0 Å². The second kappa shape index (κ2) is 6.00. The normalized spacial score (nSPS) is 18.0. The number of hydrogen-bond donors (Lipinski definition) is 1. The summed E-state index contributed by atoms with van der Waals surface area (Å²) >= 11 is 0. The molecule has 1 aliphatic rings. The molecule has 2 rings (SSSR count). The third kappa shape index (κ3) is 2.51. The monoisotopic (exact) mass is 281 g/mol. The van der Waals surface area contributed by atoms with Crippen molar-refractivity contribution < 1.29 is 24.1 Å². The van der Waals surface area contributed by atoms with Crippen LogP contribution in [0.25, 0.3) is 0 Å². The van der Waals surface area contributed by atoms with Crippen molar-refractivity contribution in [3.8, 4) is 17.2 Å². The summed E-state index contributed by atoms with van der Waals surface area (Å²) in [5, 5.41) is 9.53. The Morgan fingerprint density at radius 1 is 1.20 bits per heavy atom. The number of carbonyl (C=O) groups excluding carboxylic acids is 1. The molecular formula is C14H19NO5. The third-order valence-corrected chi connectivity index (χ3v) is 3.39. The van der Waals surface area contributed by atoms with Gasteiger partial charge in [0.2, 0.25) is 5.75 Å². The van der Waals surface area contributed by atoms with Crippen LogP contribution in [-0.2, 0) is 0 Å². The fraction of sp³-hybridized carbons (Fsp3) is 0.500. The minimum Gasteiger partial charge on any atom is -0.493 e. The van der Waals surface area contributed by atoms with Gasteiger partial charge in [0.15, 0.2) is 11.5 Å². The number of amides is 1. The Balaban J connectivity index is 2.38. The molecule has 1 amide bonds. The molecule has 0 unspecified atom stereocenters. The molecular weight excluding hydrogens is 262 g/mol. The Kier molecular flexibility index (Phi) is 4.34. The molecule has 6 heteroatoms. The van der Waals surface area contributed by atoms with E-state index in [1.54, 1.807) is 17.0 Å². The third-order valence-electron chi connectivity index (χ3n) is 3.39. The molecule has 1 aliphatic heterocycles. The number of methoxy groups -OCH3 is 3. The Morgan fingerprint density at radius 2 is 1.90 bits per heavy atom. The van der Waals surface area contributed by atoms with Crippen LogP contribution in [-0.4, -0.2) is 56.4 Å². The first-order chi connectivity index (χ1) is 9.62. The van der Waals surface area contributed by atoms with Crippen molar-refractivity contribution >= 4 is 5.91 Å². The van der Waals surface area contributed by atoms with Crippen LogP contribution in [0.2, 0.25) is 0 Å². The smallest absolute Gasteiger partial charge is 0.257 e. The Hall–Kier alpha value is -1.95. The van der Waals surface area contributed by atoms with Crippen molar-refractivity contribution in [2.45, 2.75) is 12.5 Å². The summed E-state index contributed by atoms with van der Waals surface area (Å²) in [7, 11) is 4.50. The highest BCUT2D eigenvalue weighted by molar-refractivity contribution is 5.98. The first-order valence-corrected chi connectivity index (χ1v) is 6.38.